The number of carbonyl (C=O) groups is 2. The van der Waals surface area contributed by atoms with Crippen LogP contribution in [0.15, 0.2) is 36.4 Å². The summed E-state index contributed by atoms with van der Waals surface area (Å²) in [6, 6.07) is 6.18. The molecule has 2 unspecified atom stereocenters. The molecular formula is C27H29F7N2O2. The first kappa shape index (κ1) is 29.4. The fraction of sp³-hybridized carbons (Fsp3) is 0.481. The number of anilines is 1. The van der Waals surface area contributed by atoms with Gasteiger partial charge in [0, 0.05) is 16.8 Å². The molecule has 208 valence electrons. The third-order valence-corrected chi connectivity index (χ3v) is 7.10. The van der Waals surface area contributed by atoms with Gasteiger partial charge in [-0.1, -0.05) is 44.5 Å². The Hall–Kier alpha value is -3.11. The van der Waals surface area contributed by atoms with Gasteiger partial charge in [0.2, 0.25) is 0 Å². The predicted molar refractivity (Wildman–Crippen MR) is 129 cm³/mol. The van der Waals surface area contributed by atoms with Crippen LogP contribution < -0.4 is 10.6 Å². The average molecular weight is 547 g/mol. The van der Waals surface area contributed by atoms with Gasteiger partial charge in [-0.05, 0) is 62.3 Å². The van der Waals surface area contributed by atoms with Gasteiger partial charge in [-0.2, -0.15) is 26.3 Å². The zero-order valence-electron chi connectivity index (χ0n) is 21.3. The van der Waals surface area contributed by atoms with Crippen LogP contribution in [0.5, 0.6) is 0 Å². The van der Waals surface area contributed by atoms with Gasteiger partial charge in [0.15, 0.2) is 0 Å². The van der Waals surface area contributed by atoms with Crippen LogP contribution in [-0.4, -0.2) is 29.7 Å². The summed E-state index contributed by atoms with van der Waals surface area (Å²) in [6.07, 6.45) is -9.36. The highest BCUT2D eigenvalue weighted by Crippen LogP contribution is 2.53. The quantitative estimate of drug-likeness (QED) is 0.339. The van der Waals surface area contributed by atoms with Crippen LogP contribution in [0.4, 0.5) is 36.4 Å². The molecule has 11 heteroatoms. The van der Waals surface area contributed by atoms with Crippen molar-refractivity contribution in [3.63, 3.8) is 0 Å². The highest BCUT2D eigenvalue weighted by Gasteiger charge is 2.73. The zero-order chi connectivity index (χ0) is 28.7. The van der Waals surface area contributed by atoms with Gasteiger partial charge in [-0.25, -0.2) is 4.39 Å². The van der Waals surface area contributed by atoms with E-state index in [1.54, 1.807) is 19.1 Å². The maximum absolute atomic E-state index is 14.4. The lowest BCUT2D eigenvalue weighted by molar-refractivity contribution is -0.348. The molecule has 0 saturated heterocycles. The third kappa shape index (κ3) is 5.37. The van der Waals surface area contributed by atoms with E-state index < -0.39 is 40.9 Å². The topological polar surface area (TPSA) is 58.2 Å². The first-order valence-corrected chi connectivity index (χ1v) is 12.2. The Labute approximate surface area is 216 Å². The summed E-state index contributed by atoms with van der Waals surface area (Å²) in [5.41, 5.74) is -7.26. The maximum atomic E-state index is 14.4. The van der Waals surface area contributed by atoms with Crippen LogP contribution in [0.3, 0.4) is 0 Å². The summed E-state index contributed by atoms with van der Waals surface area (Å²) in [5.74, 6) is -0.913. The maximum Gasteiger partial charge on any atom is 0.435 e. The minimum absolute atomic E-state index is 0.00737. The van der Waals surface area contributed by atoms with Crippen molar-refractivity contribution in [2.24, 2.45) is 5.92 Å². The van der Waals surface area contributed by atoms with E-state index in [2.05, 4.69) is 10.6 Å². The second kappa shape index (κ2) is 10.2. The molecule has 0 aromatic heterocycles. The molecule has 1 aliphatic rings. The summed E-state index contributed by atoms with van der Waals surface area (Å²) >= 11 is 0. The van der Waals surface area contributed by atoms with E-state index >= 15 is 0 Å². The predicted octanol–water partition coefficient (Wildman–Crippen LogP) is 7.41. The Morgan fingerprint density at radius 3 is 2.13 bits per heavy atom. The number of halogens is 7. The standard InChI is InChI=1S/C27H29F7N2O2/c1-5-8-18-14-24(18,4)36-23(38)21-16(6-2)9-7-10-19(21)22(37)35-20-12-11-17(13-15(20)3)25(28,26(29,30)31)27(32,33)34/h7,9-13,18H,5-6,8,14H2,1-4H3,(H,35,37)(H,36,38). The molecule has 2 atom stereocenters. The molecule has 2 N–H and O–H groups in total. The lowest BCUT2D eigenvalue weighted by Gasteiger charge is -2.30. The second-order valence-corrected chi connectivity index (χ2v) is 9.89. The largest absolute Gasteiger partial charge is 0.435 e. The summed E-state index contributed by atoms with van der Waals surface area (Å²) < 4.78 is 93.2. The van der Waals surface area contributed by atoms with Crippen molar-refractivity contribution >= 4 is 17.5 Å². The number of alkyl halides is 7. The Kier molecular flexibility index (Phi) is 7.92. The molecule has 1 aliphatic carbocycles. The number of rotatable bonds is 8. The fourth-order valence-electron chi connectivity index (χ4n) is 4.74. The van der Waals surface area contributed by atoms with Crippen molar-refractivity contribution in [1.29, 1.82) is 0 Å². The Balaban J connectivity index is 1.92. The first-order chi connectivity index (χ1) is 17.5. The van der Waals surface area contributed by atoms with Crippen LogP contribution in [0.1, 0.15) is 77.4 Å². The minimum Gasteiger partial charge on any atom is -0.347 e. The zero-order valence-corrected chi connectivity index (χ0v) is 21.3. The molecule has 1 saturated carbocycles. The van der Waals surface area contributed by atoms with Crippen LogP contribution in [-0.2, 0) is 12.1 Å². The van der Waals surface area contributed by atoms with Crippen LogP contribution in [0.25, 0.3) is 0 Å². The summed E-state index contributed by atoms with van der Waals surface area (Å²) in [5, 5.41) is 5.44. The molecule has 4 nitrogen and oxygen atoms in total. The molecule has 0 radical (unpaired) electrons. The van der Waals surface area contributed by atoms with Gasteiger partial charge in [-0.15, -0.1) is 0 Å². The van der Waals surface area contributed by atoms with Gasteiger partial charge < -0.3 is 10.6 Å². The minimum atomic E-state index is -6.25. The van der Waals surface area contributed by atoms with Crippen molar-refractivity contribution in [1.82, 2.24) is 5.32 Å². The monoisotopic (exact) mass is 546 g/mol. The molecule has 2 aromatic rings. The normalized spacial score (nSPS) is 19.7. The number of nitrogens with one attached hydrogen (secondary N) is 2. The molecule has 3 rings (SSSR count). The highest BCUT2D eigenvalue weighted by molar-refractivity contribution is 6.13. The van der Waals surface area contributed by atoms with Crippen molar-refractivity contribution in [2.75, 3.05) is 5.32 Å². The molecule has 0 heterocycles. The second-order valence-electron chi connectivity index (χ2n) is 9.89. The fourth-order valence-corrected chi connectivity index (χ4v) is 4.74. The number of benzene rings is 2. The number of amides is 2. The Bertz CT molecular complexity index is 1210. The van der Waals surface area contributed by atoms with Gasteiger partial charge in [0.25, 0.3) is 11.8 Å². The van der Waals surface area contributed by atoms with Gasteiger partial charge in [0.1, 0.15) is 0 Å². The Morgan fingerprint density at radius 2 is 1.61 bits per heavy atom. The van der Waals surface area contributed by atoms with Crippen molar-refractivity contribution in [3.05, 3.63) is 64.2 Å². The first-order valence-electron chi connectivity index (χ1n) is 12.2. The number of carbonyl (C=O) groups excluding carboxylic acids is 2. The van der Waals surface area contributed by atoms with Gasteiger partial charge in [0.05, 0.1) is 11.1 Å². The van der Waals surface area contributed by atoms with Crippen molar-refractivity contribution in [3.8, 4) is 0 Å². The summed E-state index contributed by atoms with van der Waals surface area (Å²) in [4.78, 5) is 26.5. The van der Waals surface area contributed by atoms with E-state index in [0.29, 0.717) is 30.0 Å². The smallest absolute Gasteiger partial charge is 0.347 e. The number of hydrogen-bond donors (Lipinski definition) is 2. The molecule has 0 aliphatic heterocycles. The van der Waals surface area contributed by atoms with Gasteiger partial charge >= 0.3 is 18.0 Å². The highest BCUT2D eigenvalue weighted by atomic mass is 19.4. The molecule has 0 bridgehead atoms. The summed E-state index contributed by atoms with van der Waals surface area (Å²) in [7, 11) is 0. The lowest BCUT2D eigenvalue weighted by Crippen LogP contribution is -2.50. The van der Waals surface area contributed by atoms with Crippen molar-refractivity contribution < 1.29 is 40.3 Å². The third-order valence-electron chi connectivity index (χ3n) is 7.10. The average Bonchev–Trinajstić information content (AvgIpc) is 3.45. The molecular weight excluding hydrogens is 517 g/mol. The van der Waals surface area contributed by atoms with E-state index in [9.17, 15) is 40.3 Å². The lowest BCUT2D eigenvalue weighted by atomic mass is 9.92. The molecule has 2 aromatic carbocycles. The number of aryl methyl sites for hydroxylation is 2. The van der Waals surface area contributed by atoms with E-state index in [4.69, 9.17) is 0 Å². The van der Waals surface area contributed by atoms with Crippen molar-refractivity contribution in [2.45, 2.75) is 76.9 Å². The summed E-state index contributed by atoms with van der Waals surface area (Å²) in [6.45, 7) is 6.92. The van der Waals surface area contributed by atoms with E-state index in [0.717, 1.165) is 32.3 Å². The number of hydrogen-bond acceptors (Lipinski definition) is 2. The van der Waals surface area contributed by atoms with E-state index in [-0.39, 0.29) is 22.4 Å². The molecule has 1 fully saturated rings. The van der Waals surface area contributed by atoms with Crippen LogP contribution in [0.2, 0.25) is 0 Å². The van der Waals surface area contributed by atoms with E-state index in [1.165, 1.54) is 6.07 Å². The molecule has 2 amide bonds. The van der Waals surface area contributed by atoms with Crippen LogP contribution >= 0.6 is 0 Å². The molecule has 0 spiro atoms. The van der Waals surface area contributed by atoms with Gasteiger partial charge in [-0.3, -0.25) is 9.59 Å². The Morgan fingerprint density at radius 1 is 0.974 bits per heavy atom. The van der Waals surface area contributed by atoms with Crippen LogP contribution in [0, 0.1) is 12.8 Å². The van der Waals surface area contributed by atoms with E-state index in [1.807, 2.05) is 13.8 Å². The SMILES string of the molecule is CCCC1CC1(C)NC(=O)c1c(CC)cccc1C(=O)Nc1ccc(C(F)(C(F)(F)F)C(F)(F)F)cc1C. The molecule has 38 heavy (non-hydrogen) atoms.